The highest BCUT2D eigenvalue weighted by molar-refractivity contribution is 6.10. The number of hydrogen-bond donors (Lipinski definition) is 0. The minimum absolute atomic E-state index is 0.519. The maximum Gasteiger partial charge on any atom is 0.0714 e. The monoisotopic (exact) mass is 878 g/mol. The summed E-state index contributed by atoms with van der Waals surface area (Å²) in [7, 11) is 0. The third-order valence-corrected chi connectivity index (χ3v) is 14.2. The van der Waals surface area contributed by atoms with Crippen LogP contribution in [0.5, 0.6) is 0 Å². The second kappa shape index (κ2) is 16.7. The molecule has 69 heavy (non-hydrogen) atoms. The van der Waals surface area contributed by atoms with E-state index in [2.05, 4.69) is 289 Å². The molecule has 0 bridgehead atoms. The minimum Gasteiger partial charge on any atom is -0.310 e. The van der Waals surface area contributed by atoms with E-state index in [0.29, 0.717) is 0 Å². The second-order valence-electron chi connectivity index (χ2n) is 18.1. The van der Waals surface area contributed by atoms with Crippen molar-refractivity contribution in [2.75, 3.05) is 4.90 Å². The van der Waals surface area contributed by atoms with Gasteiger partial charge in [-0.1, -0.05) is 206 Å². The lowest BCUT2D eigenvalue weighted by Gasteiger charge is -2.35. The summed E-state index contributed by atoms with van der Waals surface area (Å²) < 4.78 is 2.37. The van der Waals surface area contributed by atoms with Crippen LogP contribution in [0.3, 0.4) is 0 Å². The normalized spacial score (nSPS) is 12.5. The van der Waals surface area contributed by atoms with Crippen molar-refractivity contribution >= 4 is 38.9 Å². The van der Waals surface area contributed by atoms with E-state index in [1.807, 2.05) is 0 Å². The van der Waals surface area contributed by atoms with Crippen LogP contribution < -0.4 is 4.90 Å². The molecular weight excluding hydrogens is 833 g/mol. The number of fused-ring (bicyclic) bond motifs is 6. The number of rotatable bonds is 9. The lowest BCUT2D eigenvalue weighted by atomic mass is 9.67. The van der Waals surface area contributed by atoms with Crippen molar-refractivity contribution in [2.24, 2.45) is 0 Å². The molecule has 0 spiro atoms. The predicted molar refractivity (Wildman–Crippen MR) is 289 cm³/mol. The number of para-hydroxylation sites is 3. The zero-order valence-electron chi connectivity index (χ0n) is 38.0. The van der Waals surface area contributed by atoms with Crippen LogP contribution in [0.15, 0.2) is 279 Å². The molecule has 2 nitrogen and oxygen atoms in total. The summed E-state index contributed by atoms with van der Waals surface area (Å²) in [4.78, 5) is 2.44. The largest absolute Gasteiger partial charge is 0.310 e. The molecule has 0 amide bonds. The van der Waals surface area contributed by atoms with E-state index in [0.717, 1.165) is 39.4 Å². The molecule has 0 fully saturated rings. The van der Waals surface area contributed by atoms with Crippen molar-refractivity contribution in [1.82, 2.24) is 4.57 Å². The molecule has 0 aliphatic heterocycles. The highest BCUT2D eigenvalue weighted by atomic mass is 15.1. The van der Waals surface area contributed by atoms with Crippen LogP contribution in [-0.2, 0) is 5.41 Å². The smallest absolute Gasteiger partial charge is 0.0714 e. The summed E-state index contributed by atoms with van der Waals surface area (Å²) in [6, 6.07) is 102. The Kier molecular flexibility index (Phi) is 9.77. The predicted octanol–water partition coefficient (Wildman–Crippen LogP) is 17.6. The Bertz CT molecular complexity index is 3760. The van der Waals surface area contributed by atoms with Crippen LogP contribution in [0.1, 0.15) is 22.3 Å². The lowest BCUT2D eigenvalue weighted by Crippen LogP contribution is -2.28. The van der Waals surface area contributed by atoms with Crippen LogP contribution in [0, 0.1) is 0 Å². The Labute approximate surface area is 403 Å². The number of hydrogen-bond acceptors (Lipinski definition) is 1. The van der Waals surface area contributed by atoms with Gasteiger partial charge in [-0.05, 0) is 140 Å². The SMILES string of the molecule is c1ccc(-c2cc(-c3ccc(-c4ccc5c(c4)c4ccccc4n5-c4ccccc4)cc3)cc(N(c3ccccc3)c3ccc4c(c3)C(c3ccccc3)(c3ccccc3)c3ccccc3-4)c2)cc1. The third kappa shape index (κ3) is 6.72. The van der Waals surface area contributed by atoms with Gasteiger partial charge < -0.3 is 9.47 Å². The van der Waals surface area contributed by atoms with Gasteiger partial charge in [-0.15, -0.1) is 0 Å². The summed E-state index contributed by atoms with van der Waals surface area (Å²) in [6.07, 6.45) is 0. The Morgan fingerprint density at radius 2 is 0.783 bits per heavy atom. The fraction of sp³-hybridized carbons (Fsp3) is 0.0149. The Balaban J connectivity index is 0.961. The molecule has 0 atom stereocenters. The molecule has 11 aromatic carbocycles. The molecule has 0 unspecified atom stereocenters. The number of benzene rings is 11. The molecule has 2 heteroatoms. The first kappa shape index (κ1) is 40.3. The second-order valence-corrected chi connectivity index (χ2v) is 18.1. The highest BCUT2D eigenvalue weighted by Gasteiger charge is 2.46. The first-order chi connectivity index (χ1) is 34.2. The summed E-state index contributed by atoms with van der Waals surface area (Å²) in [5.74, 6) is 0. The van der Waals surface area contributed by atoms with Crippen molar-refractivity contribution in [3.63, 3.8) is 0 Å². The molecule has 0 N–H and O–H groups in total. The average Bonchev–Trinajstić information content (AvgIpc) is 3.92. The average molecular weight is 879 g/mol. The molecule has 324 valence electrons. The molecule has 1 aliphatic carbocycles. The van der Waals surface area contributed by atoms with Crippen LogP contribution in [0.2, 0.25) is 0 Å². The Morgan fingerprint density at radius 3 is 1.46 bits per heavy atom. The molecule has 1 heterocycles. The standard InChI is InChI=1S/C67H46N2/c1-6-20-47(21-7-1)51-42-52(49-36-34-48(35-37-49)50-38-41-66-62(45-50)61-31-17-19-33-65(61)69(66)56-28-14-5-15-29-56)44-58(43-51)68(55-26-12-4-13-27-55)57-39-40-60-59-30-16-18-32-63(59)67(64(60)46-57,53-22-8-2-9-23-53)54-24-10-3-11-25-54/h1-46H. The van der Waals surface area contributed by atoms with Gasteiger partial charge in [-0.3, -0.25) is 0 Å². The van der Waals surface area contributed by atoms with Crippen molar-refractivity contribution in [2.45, 2.75) is 5.41 Å². The first-order valence-corrected chi connectivity index (χ1v) is 23.8. The molecule has 13 rings (SSSR count). The Hall–Kier alpha value is -8.98. The molecular formula is C67H46N2. The van der Waals surface area contributed by atoms with Crippen LogP contribution in [0.4, 0.5) is 17.1 Å². The number of aromatic nitrogens is 1. The van der Waals surface area contributed by atoms with E-state index in [-0.39, 0.29) is 0 Å². The fourth-order valence-electron chi connectivity index (χ4n) is 11.2. The van der Waals surface area contributed by atoms with Gasteiger partial charge in [-0.2, -0.15) is 0 Å². The van der Waals surface area contributed by atoms with Crippen LogP contribution in [-0.4, -0.2) is 4.57 Å². The van der Waals surface area contributed by atoms with Gasteiger partial charge in [0.25, 0.3) is 0 Å². The number of nitrogens with zero attached hydrogens (tertiary/aromatic N) is 2. The topological polar surface area (TPSA) is 8.17 Å². The molecule has 1 aliphatic rings. The zero-order valence-corrected chi connectivity index (χ0v) is 38.0. The summed E-state index contributed by atoms with van der Waals surface area (Å²) in [6.45, 7) is 0. The maximum atomic E-state index is 2.46. The third-order valence-electron chi connectivity index (χ3n) is 14.2. The van der Waals surface area contributed by atoms with E-state index in [1.165, 1.54) is 71.9 Å². The zero-order chi connectivity index (χ0) is 45.7. The highest BCUT2D eigenvalue weighted by Crippen LogP contribution is 2.57. The Morgan fingerprint density at radius 1 is 0.275 bits per heavy atom. The van der Waals surface area contributed by atoms with Crippen LogP contribution in [0.25, 0.3) is 72.0 Å². The van der Waals surface area contributed by atoms with E-state index >= 15 is 0 Å². The van der Waals surface area contributed by atoms with Crippen molar-refractivity contribution in [3.8, 4) is 50.2 Å². The van der Waals surface area contributed by atoms with Crippen LogP contribution >= 0.6 is 0 Å². The maximum absolute atomic E-state index is 2.46. The minimum atomic E-state index is -0.519. The number of anilines is 3. The summed E-state index contributed by atoms with van der Waals surface area (Å²) in [5.41, 5.74) is 21.0. The van der Waals surface area contributed by atoms with Gasteiger partial charge in [-0.25, -0.2) is 0 Å². The van der Waals surface area contributed by atoms with Gasteiger partial charge >= 0.3 is 0 Å². The van der Waals surface area contributed by atoms with E-state index in [4.69, 9.17) is 0 Å². The fourth-order valence-corrected chi connectivity index (χ4v) is 11.2. The first-order valence-electron chi connectivity index (χ1n) is 23.8. The lowest BCUT2D eigenvalue weighted by molar-refractivity contribution is 0.768. The van der Waals surface area contributed by atoms with E-state index in [1.54, 1.807) is 0 Å². The summed E-state index contributed by atoms with van der Waals surface area (Å²) in [5, 5.41) is 2.50. The van der Waals surface area contributed by atoms with Gasteiger partial charge in [0.05, 0.1) is 16.4 Å². The molecule has 0 saturated heterocycles. The van der Waals surface area contributed by atoms with Crippen molar-refractivity contribution in [3.05, 3.63) is 301 Å². The van der Waals surface area contributed by atoms with Gasteiger partial charge in [0, 0.05) is 33.5 Å². The van der Waals surface area contributed by atoms with Gasteiger partial charge in [0.1, 0.15) is 0 Å². The van der Waals surface area contributed by atoms with E-state index in [9.17, 15) is 0 Å². The molecule has 0 saturated carbocycles. The van der Waals surface area contributed by atoms with Crippen molar-refractivity contribution in [1.29, 1.82) is 0 Å². The van der Waals surface area contributed by atoms with E-state index < -0.39 is 5.41 Å². The molecule has 12 aromatic rings. The molecule has 0 radical (unpaired) electrons. The van der Waals surface area contributed by atoms with Crippen molar-refractivity contribution < 1.29 is 0 Å². The summed E-state index contributed by atoms with van der Waals surface area (Å²) >= 11 is 0. The van der Waals surface area contributed by atoms with Gasteiger partial charge in [0.15, 0.2) is 0 Å². The van der Waals surface area contributed by atoms with Gasteiger partial charge in [0.2, 0.25) is 0 Å². The molecule has 1 aromatic heterocycles. The quantitative estimate of drug-likeness (QED) is 0.140.